The van der Waals surface area contributed by atoms with Crippen LogP contribution in [0.4, 0.5) is 0 Å². The van der Waals surface area contributed by atoms with Crippen LogP contribution in [0.15, 0.2) is 35.6 Å². The molecule has 0 aliphatic carbocycles. The number of benzene rings is 1. The first-order valence-corrected chi connectivity index (χ1v) is 8.42. The summed E-state index contributed by atoms with van der Waals surface area (Å²) in [6.45, 7) is 0.662. The van der Waals surface area contributed by atoms with Gasteiger partial charge in [0.15, 0.2) is 0 Å². The third kappa shape index (κ3) is 4.97. The number of halogens is 3. The van der Waals surface area contributed by atoms with Crippen LogP contribution in [-0.4, -0.2) is 27.3 Å². The average Bonchev–Trinajstić information content (AvgIpc) is 2.46. The predicted molar refractivity (Wildman–Crippen MR) is 93.9 cm³/mol. The lowest BCUT2D eigenvalue weighted by atomic mass is 10.4. The molecule has 1 heterocycles. The number of hydrogen-bond acceptors (Lipinski definition) is 4. The molecule has 21 heavy (non-hydrogen) atoms. The minimum atomic E-state index is 0.524. The molecule has 1 N–H and O–H groups in total. The summed E-state index contributed by atoms with van der Waals surface area (Å²) >= 11 is 24.9. The van der Waals surface area contributed by atoms with Gasteiger partial charge in [0.05, 0.1) is 16.2 Å². The molecule has 2 rings (SSSR count). The summed E-state index contributed by atoms with van der Waals surface area (Å²) in [6, 6.07) is 3.35. The largest absolute Gasteiger partial charge is 0.374 e. The van der Waals surface area contributed by atoms with Crippen molar-refractivity contribution < 1.29 is 0 Å². The number of aromatic nitrogens is 2. The lowest BCUT2D eigenvalue weighted by molar-refractivity contribution is 0.983. The molecule has 8 heteroatoms. The van der Waals surface area contributed by atoms with E-state index in [2.05, 4.69) is 15.3 Å². The van der Waals surface area contributed by atoms with Crippen LogP contribution in [0.1, 0.15) is 5.69 Å². The van der Waals surface area contributed by atoms with Crippen molar-refractivity contribution in [2.24, 2.45) is 0 Å². The van der Waals surface area contributed by atoms with Gasteiger partial charge in [0.2, 0.25) is 0 Å². The molecule has 0 spiro atoms. The molecule has 1 aromatic heterocycles. The second kappa shape index (κ2) is 8.15. The second-order valence-corrected chi connectivity index (χ2v) is 6.66. The smallest absolute Gasteiger partial charge is 0.126 e. The van der Waals surface area contributed by atoms with Crippen LogP contribution in [0.25, 0.3) is 0 Å². The Morgan fingerprint density at radius 2 is 1.90 bits per heavy atom. The van der Waals surface area contributed by atoms with Gasteiger partial charge in [0.25, 0.3) is 0 Å². The molecule has 0 amide bonds. The number of thiocarbonyl (C=S) groups is 1. The van der Waals surface area contributed by atoms with E-state index in [-0.39, 0.29) is 0 Å². The van der Waals surface area contributed by atoms with Crippen molar-refractivity contribution in [2.75, 3.05) is 12.3 Å². The summed E-state index contributed by atoms with van der Waals surface area (Å²) in [5.74, 6) is 0.751. The Balaban J connectivity index is 1.84. The predicted octanol–water partition coefficient (Wildman–Crippen LogP) is 4.49. The molecule has 3 nitrogen and oxygen atoms in total. The van der Waals surface area contributed by atoms with Gasteiger partial charge in [-0.25, -0.2) is 0 Å². The van der Waals surface area contributed by atoms with Crippen molar-refractivity contribution in [2.45, 2.75) is 4.90 Å². The molecule has 0 saturated carbocycles. The van der Waals surface area contributed by atoms with Crippen LogP contribution in [0.2, 0.25) is 15.1 Å². The molecular weight excluding hydrogens is 369 g/mol. The van der Waals surface area contributed by atoms with Gasteiger partial charge in [-0.1, -0.05) is 47.0 Å². The Labute approximate surface area is 147 Å². The van der Waals surface area contributed by atoms with E-state index < -0.39 is 0 Å². The Morgan fingerprint density at radius 1 is 1.19 bits per heavy atom. The van der Waals surface area contributed by atoms with E-state index in [1.807, 2.05) is 0 Å². The normalized spacial score (nSPS) is 10.4. The highest BCUT2D eigenvalue weighted by atomic mass is 35.5. The zero-order valence-corrected chi connectivity index (χ0v) is 14.5. The Bertz CT molecular complexity index is 615. The molecule has 0 saturated heterocycles. The maximum Gasteiger partial charge on any atom is 0.126 e. The van der Waals surface area contributed by atoms with Gasteiger partial charge >= 0.3 is 0 Å². The zero-order valence-electron chi connectivity index (χ0n) is 10.6. The topological polar surface area (TPSA) is 37.8 Å². The molecule has 0 aliphatic rings. The summed E-state index contributed by atoms with van der Waals surface area (Å²) in [5.41, 5.74) is 0.653. The maximum atomic E-state index is 6.12. The molecule has 0 radical (unpaired) electrons. The molecule has 0 fully saturated rings. The maximum absolute atomic E-state index is 6.12. The Morgan fingerprint density at radius 3 is 2.52 bits per heavy atom. The third-order valence-electron chi connectivity index (χ3n) is 2.39. The fraction of sp³-hybridized carbons (Fsp3) is 0.154. The Kier molecular flexibility index (Phi) is 6.51. The van der Waals surface area contributed by atoms with Gasteiger partial charge in [-0.3, -0.25) is 9.97 Å². The molecule has 0 atom stereocenters. The highest BCUT2D eigenvalue weighted by molar-refractivity contribution is 7.99. The lowest BCUT2D eigenvalue weighted by Crippen LogP contribution is -2.25. The molecule has 110 valence electrons. The molecule has 0 bridgehead atoms. The SMILES string of the molecule is S=C(NCCSc1c(Cl)cc(Cl)cc1Cl)c1cnccn1. The van der Waals surface area contributed by atoms with E-state index in [9.17, 15) is 0 Å². The van der Waals surface area contributed by atoms with Gasteiger partial charge in [-0.05, 0) is 12.1 Å². The lowest BCUT2D eigenvalue weighted by Gasteiger charge is -2.09. The number of nitrogens with zero attached hydrogens (tertiary/aromatic N) is 2. The number of nitrogens with one attached hydrogen (secondary N) is 1. The highest BCUT2D eigenvalue weighted by Gasteiger charge is 2.08. The zero-order chi connectivity index (χ0) is 15.2. The van der Waals surface area contributed by atoms with Crippen molar-refractivity contribution in [1.82, 2.24) is 15.3 Å². The minimum absolute atomic E-state index is 0.524. The monoisotopic (exact) mass is 377 g/mol. The van der Waals surface area contributed by atoms with Gasteiger partial charge in [0, 0.05) is 34.6 Å². The first-order chi connectivity index (χ1) is 10.1. The summed E-state index contributed by atoms with van der Waals surface area (Å²) in [7, 11) is 0. The van der Waals surface area contributed by atoms with Crippen molar-refractivity contribution in [3.8, 4) is 0 Å². The van der Waals surface area contributed by atoms with E-state index in [0.29, 0.717) is 32.3 Å². The van der Waals surface area contributed by atoms with Gasteiger partial charge in [-0.2, -0.15) is 0 Å². The molecular formula is C13H10Cl3N3S2. The second-order valence-electron chi connectivity index (χ2n) is 3.89. The van der Waals surface area contributed by atoms with Crippen molar-refractivity contribution >= 4 is 63.8 Å². The van der Waals surface area contributed by atoms with Crippen LogP contribution in [0.5, 0.6) is 0 Å². The van der Waals surface area contributed by atoms with E-state index >= 15 is 0 Å². The molecule has 0 aliphatic heterocycles. The van der Waals surface area contributed by atoms with Crippen LogP contribution in [0, 0.1) is 0 Å². The van der Waals surface area contributed by atoms with Crippen LogP contribution in [0.3, 0.4) is 0 Å². The summed E-state index contributed by atoms with van der Waals surface area (Å²) in [4.78, 5) is 9.48. The molecule has 2 aromatic rings. The van der Waals surface area contributed by atoms with E-state index in [4.69, 9.17) is 47.0 Å². The van der Waals surface area contributed by atoms with Gasteiger partial charge in [-0.15, -0.1) is 11.8 Å². The van der Waals surface area contributed by atoms with E-state index in [1.54, 1.807) is 30.7 Å². The van der Waals surface area contributed by atoms with Crippen LogP contribution < -0.4 is 5.32 Å². The number of thioether (sulfide) groups is 1. The quantitative estimate of drug-likeness (QED) is 0.471. The minimum Gasteiger partial charge on any atom is -0.374 e. The summed E-state index contributed by atoms with van der Waals surface area (Å²) in [6.07, 6.45) is 4.83. The standard InChI is InChI=1S/C13H10Cl3N3S2/c14-8-5-9(15)12(10(16)6-8)21-4-3-19-13(20)11-7-17-1-2-18-11/h1-2,5-7H,3-4H2,(H,19,20). The Hall–Kier alpha value is -0.590. The van der Waals surface area contributed by atoms with Crippen molar-refractivity contribution in [3.63, 3.8) is 0 Å². The van der Waals surface area contributed by atoms with Crippen molar-refractivity contribution in [3.05, 3.63) is 51.5 Å². The molecule has 1 aromatic carbocycles. The third-order valence-corrected chi connectivity index (χ3v) is 4.92. The van der Waals surface area contributed by atoms with Crippen LogP contribution in [-0.2, 0) is 0 Å². The molecule has 0 unspecified atom stereocenters. The van der Waals surface area contributed by atoms with E-state index in [1.165, 1.54) is 11.8 Å². The fourth-order valence-corrected chi connectivity index (χ4v) is 3.65. The van der Waals surface area contributed by atoms with Crippen LogP contribution >= 0.6 is 58.8 Å². The fourth-order valence-electron chi connectivity index (χ4n) is 1.49. The summed E-state index contributed by atoms with van der Waals surface area (Å²) in [5, 5.41) is 4.74. The van der Waals surface area contributed by atoms with E-state index in [0.717, 1.165) is 10.6 Å². The first kappa shape index (κ1) is 16.8. The van der Waals surface area contributed by atoms with Gasteiger partial charge in [0.1, 0.15) is 10.7 Å². The number of rotatable bonds is 5. The number of hydrogen-bond donors (Lipinski definition) is 1. The highest BCUT2D eigenvalue weighted by Crippen LogP contribution is 2.36. The van der Waals surface area contributed by atoms with Gasteiger partial charge < -0.3 is 5.32 Å². The van der Waals surface area contributed by atoms with Crippen molar-refractivity contribution in [1.29, 1.82) is 0 Å². The first-order valence-electron chi connectivity index (χ1n) is 5.89. The summed E-state index contributed by atoms with van der Waals surface area (Å²) < 4.78 is 0. The average molecular weight is 379 g/mol.